The number of hydrogen-bond donors (Lipinski definition) is 2. The lowest BCUT2D eigenvalue weighted by atomic mass is 9.73. The number of nitrogens with two attached hydrogens (primary N) is 1. The second-order valence-electron chi connectivity index (χ2n) is 6.65. The Morgan fingerprint density at radius 2 is 2.09 bits per heavy atom. The summed E-state index contributed by atoms with van der Waals surface area (Å²) < 4.78 is 0. The van der Waals surface area contributed by atoms with Crippen LogP contribution in [0.3, 0.4) is 0 Å². The summed E-state index contributed by atoms with van der Waals surface area (Å²) >= 11 is 0. The second kappa shape index (κ2) is 6.32. The van der Waals surface area contributed by atoms with Crippen LogP contribution in [-0.2, 0) is 11.2 Å². The van der Waals surface area contributed by atoms with E-state index in [1.807, 2.05) is 6.92 Å². The maximum Gasteiger partial charge on any atom is 0.226 e. The molecule has 124 valence electrons. The molecular formula is C18H26N4O. The van der Waals surface area contributed by atoms with Crippen LogP contribution in [0, 0.1) is 5.41 Å². The molecule has 1 saturated heterocycles. The van der Waals surface area contributed by atoms with E-state index in [1.165, 1.54) is 11.1 Å². The standard InChI is InChI=1S/C18H26N4O/c1-3-15(23)21-17(20-2)22-10-8-18(9-11-22)12-13-6-4-5-7-14(13)16(18)19/h4-7,16H,3,8-12,19H2,1-2H3,(H,20,21,23)/t16-/m1/s1. The van der Waals surface area contributed by atoms with Gasteiger partial charge in [0.1, 0.15) is 0 Å². The molecule has 1 amide bonds. The molecule has 0 unspecified atom stereocenters. The fourth-order valence-corrected chi connectivity index (χ4v) is 3.96. The van der Waals surface area contributed by atoms with E-state index in [4.69, 9.17) is 5.73 Å². The zero-order valence-electron chi connectivity index (χ0n) is 14.0. The second-order valence-corrected chi connectivity index (χ2v) is 6.65. The molecule has 3 N–H and O–H groups in total. The Bertz CT molecular complexity index is 617. The van der Waals surface area contributed by atoms with Gasteiger partial charge in [-0.25, -0.2) is 0 Å². The highest BCUT2D eigenvalue weighted by atomic mass is 16.1. The number of carbonyl (C=O) groups excluding carboxylic acids is 1. The van der Waals surface area contributed by atoms with Crippen molar-refractivity contribution in [3.8, 4) is 0 Å². The van der Waals surface area contributed by atoms with E-state index < -0.39 is 0 Å². The van der Waals surface area contributed by atoms with Crippen LogP contribution in [0.5, 0.6) is 0 Å². The van der Waals surface area contributed by atoms with Crippen molar-refractivity contribution in [2.45, 2.75) is 38.6 Å². The molecule has 5 heteroatoms. The predicted molar refractivity (Wildman–Crippen MR) is 92.1 cm³/mol. The van der Waals surface area contributed by atoms with Crippen molar-refractivity contribution in [3.05, 3.63) is 35.4 Å². The first-order valence-corrected chi connectivity index (χ1v) is 8.44. The Hall–Kier alpha value is -1.88. The highest BCUT2D eigenvalue weighted by Gasteiger charge is 2.46. The number of aliphatic imine (C=N–C) groups is 1. The quantitative estimate of drug-likeness (QED) is 0.614. The maximum atomic E-state index is 11.6. The van der Waals surface area contributed by atoms with E-state index >= 15 is 0 Å². The molecule has 1 aliphatic heterocycles. The Kier molecular flexibility index (Phi) is 4.39. The molecule has 5 nitrogen and oxygen atoms in total. The number of hydrogen-bond acceptors (Lipinski definition) is 3. The fourth-order valence-electron chi connectivity index (χ4n) is 3.96. The number of piperidine rings is 1. The van der Waals surface area contributed by atoms with Crippen molar-refractivity contribution in [1.29, 1.82) is 0 Å². The molecule has 2 aliphatic rings. The van der Waals surface area contributed by atoms with E-state index in [0.717, 1.165) is 32.4 Å². The largest absolute Gasteiger partial charge is 0.343 e. The third-order valence-electron chi connectivity index (χ3n) is 5.44. The highest BCUT2D eigenvalue weighted by Crippen LogP contribution is 2.50. The van der Waals surface area contributed by atoms with Crippen LogP contribution in [0.2, 0.25) is 0 Å². The molecule has 1 atom stereocenters. The van der Waals surface area contributed by atoms with Crippen molar-refractivity contribution in [3.63, 3.8) is 0 Å². The van der Waals surface area contributed by atoms with Crippen LogP contribution in [-0.4, -0.2) is 36.9 Å². The Balaban J connectivity index is 1.68. The molecule has 0 saturated carbocycles. The zero-order chi connectivity index (χ0) is 16.4. The van der Waals surface area contributed by atoms with Gasteiger partial charge in [-0.3, -0.25) is 15.1 Å². The van der Waals surface area contributed by atoms with Crippen molar-refractivity contribution in [1.82, 2.24) is 10.2 Å². The lowest BCUT2D eigenvalue weighted by molar-refractivity contribution is -0.119. The fraction of sp³-hybridized carbons (Fsp3) is 0.556. The third kappa shape index (κ3) is 2.85. The Labute approximate surface area is 138 Å². The highest BCUT2D eigenvalue weighted by molar-refractivity contribution is 5.96. The summed E-state index contributed by atoms with van der Waals surface area (Å²) in [5.74, 6) is 0.701. The van der Waals surface area contributed by atoms with E-state index in [1.54, 1.807) is 7.05 Å². The predicted octanol–water partition coefficient (Wildman–Crippen LogP) is 1.84. The van der Waals surface area contributed by atoms with Crippen LogP contribution in [0.4, 0.5) is 0 Å². The molecule has 1 aromatic rings. The normalized spacial score (nSPS) is 23.0. The van der Waals surface area contributed by atoms with Crippen LogP contribution in [0.15, 0.2) is 29.3 Å². The third-order valence-corrected chi connectivity index (χ3v) is 5.44. The van der Waals surface area contributed by atoms with Gasteiger partial charge in [0.05, 0.1) is 0 Å². The molecule has 0 bridgehead atoms. The Morgan fingerprint density at radius 3 is 2.70 bits per heavy atom. The summed E-state index contributed by atoms with van der Waals surface area (Å²) in [6.07, 6.45) is 3.60. The number of nitrogens with one attached hydrogen (secondary N) is 1. The van der Waals surface area contributed by atoms with Crippen molar-refractivity contribution < 1.29 is 4.79 Å². The number of carbonyl (C=O) groups is 1. The average molecular weight is 314 g/mol. The molecule has 1 aliphatic carbocycles. The lowest BCUT2D eigenvalue weighted by Gasteiger charge is -2.43. The first-order valence-electron chi connectivity index (χ1n) is 8.44. The summed E-state index contributed by atoms with van der Waals surface area (Å²) in [4.78, 5) is 18.1. The number of benzene rings is 1. The molecule has 0 aromatic heterocycles. The van der Waals surface area contributed by atoms with Gasteiger partial charge in [-0.05, 0) is 35.8 Å². The Morgan fingerprint density at radius 1 is 1.39 bits per heavy atom. The maximum absolute atomic E-state index is 11.6. The number of nitrogens with zero attached hydrogens (tertiary/aromatic N) is 2. The summed E-state index contributed by atoms with van der Waals surface area (Å²) in [7, 11) is 1.73. The van der Waals surface area contributed by atoms with Gasteiger partial charge in [0.2, 0.25) is 5.91 Å². The molecule has 1 fully saturated rings. The van der Waals surface area contributed by atoms with E-state index in [0.29, 0.717) is 12.4 Å². The monoisotopic (exact) mass is 314 g/mol. The number of likely N-dealkylation sites (tertiary alicyclic amines) is 1. The van der Waals surface area contributed by atoms with Crippen molar-refractivity contribution in [2.75, 3.05) is 20.1 Å². The molecule has 1 heterocycles. The van der Waals surface area contributed by atoms with Crippen LogP contribution < -0.4 is 11.1 Å². The topological polar surface area (TPSA) is 70.7 Å². The summed E-state index contributed by atoms with van der Waals surface area (Å²) in [6.45, 7) is 3.62. The SMILES string of the molecule is CCC(=O)N/C(=N\C)N1CCC2(CC1)Cc1ccccc1[C@H]2N. The number of rotatable bonds is 1. The van der Waals surface area contributed by atoms with Crippen LogP contribution in [0.1, 0.15) is 43.4 Å². The van der Waals surface area contributed by atoms with Gasteiger partial charge in [-0.15, -0.1) is 0 Å². The average Bonchev–Trinajstić information content (AvgIpc) is 2.86. The van der Waals surface area contributed by atoms with E-state index in [9.17, 15) is 4.79 Å². The van der Waals surface area contributed by atoms with E-state index in [2.05, 4.69) is 39.5 Å². The molecule has 23 heavy (non-hydrogen) atoms. The summed E-state index contributed by atoms with van der Waals surface area (Å²) in [5, 5.41) is 2.90. The van der Waals surface area contributed by atoms with Gasteiger partial charge in [0.25, 0.3) is 0 Å². The van der Waals surface area contributed by atoms with Gasteiger partial charge < -0.3 is 10.6 Å². The minimum Gasteiger partial charge on any atom is -0.343 e. The molecule has 1 spiro atoms. The summed E-state index contributed by atoms with van der Waals surface area (Å²) in [6, 6.07) is 8.67. The first-order chi connectivity index (χ1) is 11.1. The van der Waals surface area contributed by atoms with Crippen LogP contribution >= 0.6 is 0 Å². The van der Waals surface area contributed by atoms with Crippen LogP contribution in [0.25, 0.3) is 0 Å². The number of guanidine groups is 1. The minimum atomic E-state index is 0.0101. The smallest absolute Gasteiger partial charge is 0.226 e. The van der Waals surface area contributed by atoms with Gasteiger partial charge in [-0.1, -0.05) is 31.2 Å². The van der Waals surface area contributed by atoms with Gasteiger partial charge in [0.15, 0.2) is 5.96 Å². The molecular weight excluding hydrogens is 288 g/mol. The number of amides is 1. The molecule has 3 rings (SSSR count). The first kappa shape index (κ1) is 16.0. The zero-order valence-corrected chi connectivity index (χ0v) is 14.0. The van der Waals surface area contributed by atoms with Crippen molar-refractivity contribution >= 4 is 11.9 Å². The van der Waals surface area contributed by atoms with Gasteiger partial charge in [-0.2, -0.15) is 0 Å². The molecule has 1 aromatic carbocycles. The van der Waals surface area contributed by atoms with Gasteiger partial charge in [0, 0.05) is 32.6 Å². The van der Waals surface area contributed by atoms with Gasteiger partial charge >= 0.3 is 0 Å². The summed E-state index contributed by atoms with van der Waals surface area (Å²) in [5.41, 5.74) is 9.46. The van der Waals surface area contributed by atoms with E-state index in [-0.39, 0.29) is 17.4 Å². The number of fused-ring (bicyclic) bond motifs is 1. The molecule has 0 radical (unpaired) electrons. The minimum absolute atomic E-state index is 0.0101. The lowest BCUT2D eigenvalue weighted by Crippen LogP contribution is -2.51. The van der Waals surface area contributed by atoms with Crippen molar-refractivity contribution in [2.24, 2.45) is 16.1 Å².